The van der Waals surface area contributed by atoms with Crippen molar-refractivity contribution < 1.29 is 0 Å². The quantitative estimate of drug-likeness (QED) is 0.787. The summed E-state index contributed by atoms with van der Waals surface area (Å²) in [5.74, 6) is 0. The third-order valence-corrected chi connectivity index (χ3v) is 3.27. The fourth-order valence-electron chi connectivity index (χ4n) is 2.07. The van der Waals surface area contributed by atoms with Gasteiger partial charge in [0.15, 0.2) is 0 Å². The molecule has 1 aliphatic heterocycles. The number of hydrogen-bond donors (Lipinski definition) is 1. The third-order valence-electron chi connectivity index (χ3n) is 3.03. The average Bonchev–Trinajstić information content (AvgIpc) is 2.23. The van der Waals surface area contributed by atoms with E-state index in [1.807, 2.05) is 12.1 Å². The van der Waals surface area contributed by atoms with Gasteiger partial charge in [-0.1, -0.05) is 11.6 Å². The minimum atomic E-state index is 0.362. The van der Waals surface area contributed by atoms with E-state index in [0.717, 1.165) is 17.3 Å². The number of fused-ring (bicyclic) bond motifs is 1. The van der Waals surface area contributed by atoms with Gasteiger partial charge in [-0.2, -0.15) is 0 Å². The zero-order valence-corrected chi connectivity index (χ0v) is 9.83. The van der Waals surface area contributed by atoms with Crippen molar-refractivity contribution in [3.8, 4) is 0 Å². The van der Waals surface area contributed by atoms with E-state index in [-0.39, 0.29) is 0 Å². The molecular weight excluding hydrogens is 210 g/mol. The predicted octanol–water partition coefficient (Wildman–Crippen LogP) is 1.55. The van der Waals surface area contributed by atoms with Crippen molar-refractivity contribution in [3.63, 3.8) is 0 Å². The van der Waals surface area contributed by atoms with Crippen LogP contribution in [-0.4, -0.2) is 33.2 Å². The molecule has 1 aromatic carbocycles. The van der Waals surface area contributed by atoms with E-state index in [1.54, 1.807) is 0 Å². The summed E-state index contributed by atoms with van der Waals surface area (Å²) in [7, 11) is 4.15. The molecule has 0 aromatic heterocycles. The highest BCUT2D eigenvalue weighted by atomic mass is 35.5. The fraction of sp³-hybridized carbons (Fsp3) is 0.455. The van der Waals surface area contributed by atoms with Crippen LogP contribution in [0.5, 0.6) is 0 Å². The first-order valence-corrected chi connectivity index (χ1v) is 5.45. The molecule has 0 saturated carbocycles. The van der Waals surface area contributed by atoms with Crippen LogP contribution in [0, 0.1) is 0 Å². The van der Waals surface area contributed by atoms with Crippen LogP contribution in [-0.2, 0) is 0 Å². The summed E-state index contributed by atoms with van der Waals surface area (Å²) in [6.45, 7) is 1.62. The van der Waals surface area contributed by atoms with Crippen LogP contribution in [0.2, 0.25) is 5.02 Å². The summed E-state index contributed by atoms with van der Waals surface area (Å²) >= 11 is 6.00. The van der Waals surface area contributed by atoms with Crippen molar-refractivity contribution in [2.75, 3.05) is 37.0 Å². The largest absolute Gasteiger partial charge is 0.371 e. The van der Waals surface area contributed by atoms with E-state index in [0.29, 0.717) is 12.6 Å². The van der Waals surface area contributed by atoms with E-state index in [2.05, 4.69) is 30.0 Å². The van der Waals surface area contributed by atoms with Crippen LogP contribution in [0.15, 0.2) is 18.2 Å². The first-order valence-electron chi connectivity index (χ1n) is 5.07. The first kappa shape index (κ1) is 10.6. The van der Waals surface area contributed by atoms with Gasteiger partial charge < -0.3 is 15.5 Å². The normalized spacial score (nSPS) is 20.4. The van der Waals surface area contributed by atoms with Crippen LogP contribution in [0.4, 0.5) is 11.4 Å². The zero-order valence-electron chi connectivity index (χ0n) is 9.07. The lowest BCUT2D eigenvalue weighted by atomic mass is 10.1. The van der Waals surface area contributed by atoms with Crippen LogP contribution in [0.25, 0.3) is 0 Å². The predicted molar refractivity (Wildman–Crippen MR) is 66.0 cm³/mol. The van der Waals surface area contributed by atoms with Gasteiger partial charge in [0.2, 0.25) is 0 Å². The maximum Gasteiger partial charge on any atom is 0.0619 e. The second-order valence-electron chi connectivity index (χ2n) is 4.01. The standard InChI is InChI=1S/C11H16ClN3/c1-14-7-9(6-13)15(2)11-5-8(12)3-4-10(11)14/h3-5,9H,6-7,13H2,1-2H3. The van der Waals surface area contributed by atoms with Crippen LogP contribution in [0.1, 0.15) is 0 Å². The molecule has 2 rings (SSSR count). The molecule has 0 amide bonds. The molecule has 0 spiro atoms. The second kappa shape index (κ2) is 3.91. The monoisotopic (exact) mass is 225 g/mol. The highest BCUT2D eigenvalue weighted by Crippen LogP contribution is 2.35. The van der Waals surface area contributed by atoms with Crippen molar-refractivity contribution >= 4 is 23.0 Å². The van der Waals surface area contributed by atoms with Crippen molar-refractivity contribution in [1.82, 2.24) is 0 Å². The summed E-state index contributed by atoms with van der Waals surface area (Å²) < 4.78 is 0. The number of halogens is 1. The number of likely N-dealkylation sites (N-methyl/N-ethyl adjacent to an activating group) is 2. The fourth-order valence-corrected chi connectivity index (χ4v) is 2.23. The van der Waals surface area contributed by atoms with Crippen LogP contribution >= 0.6 is 11.6 Å². The van der Waals surface area contributed by atoms with E-state index in [1.165, 1.54) is 5.69 Å². The van der Waals surface area contributed by atoms with Crippen molar-refractivity contribution in [1.29, 1.82) is 0 Å². The number of rotatable bonds is 1. The molecule has 0 saturated heterocycles. The highest BCUT2D eigenvalue weighted by molar-refractivity contribution is 6.31. The lowest BCUT2D eigenvalue weighted by molar-refractivity contribution is 0.609. The molecule has 1 aromatic rings. The molecule has 1 unspecified atom stereocenters. The minimum absolute atomic E-state index is 0.362. The average molecular weight is 226 g/mol. The lowest BCUT2D eigenvalue weighted by Gasteiger charge is -2.41. The van der Waals surface area contributed by atoms with E-state index < -0.39 is 0 Å². The molecule has 82 valence electrons. The topological polar surface area (TPSA) is 32.5 Å². The van der Waals surface area contributed by atoms with Gasteiger partial charge >= 0.3 is 0 Å². The van der Waals surface area contributed by atoms with Gasteiger partial charge in [0.25, 0.3) is 0 Å². The molecule has 4 heteroatoms. The van der Waals surface area contributed by atoms with Crippen LogP contribution in [0.3, 0.4) is 0 Å². The Hall–Kier alpha value is -0.930. The Labute approximate surface area is 95.4 Å². The minimum Gasteiger partial charge on any atom is -0.371 e. The van der Waals surface area contributed by atoms with Gasteiger partial charge in [-0.15, -0.1) is 0 Å². The highest BCUT2D eigenvalue weighted by Gasteiger charge is 2.25. The summed E-state index contributed by atoms with van der Waals surface area (Å²) in [5.41, 5.74) is 8.12. The number of hydrogen-bond acceptors (Lipinski definition) is 3. The molecule has 0 fully saturated rings. The number of anilines is 2. The maximum absolute atomic E-state index is 6.00. The summed E-state index contributed by atoms with van der Waals surface area (Å²) in [6, 6.07) is 6.34. The second-order valence-corrected chi connectivity index (χ2v) is 4.45. The Balaban J connectivity index is 2.45. The van der Waals surface area contributed by atoms with Crippen molar-refractivity contribution in [2.24, 2.45) is 5.73 Å². The van der Waals surface area contributed by atoms with E-state index in [4.69, 9.17) is 17.3 Å². The van der Waals surface area contributed by atoms with Gasteiger partial charge in [0, 0.05) is 32.2 Å². The van der Waals surface area contributed by atoms with Gasteiger partial charge in [0.1, 0.15) is 0 Å². The van der Waals surface area contributed by atoms with Crippen molar-refractivity contribution in [3.05, 3.63) is 23.2 Å². The van der Waals surface area contributed by atoms with Gasteiger partial charge in [0.05, 0.1) is 17.4 Å². The van der Waals surface area contributed by atoms with E-state index >= 15 is 0 Å². The number of benzene rings is 1. The summed E-state index contributed by atoms with van der Waals surface area (Å²) in [5, 5.41) is 0.770. The SMILES string of the molecule is CN1CC(CN)N(C)c2cc(Cl)ccc21. The Morgan fingerprint density at radius 3 is 2.80 bits per heavy atom. The Morgan fingerprint density at radius 2 is 2.13 bits per heavy atom. The molecule has 0 radical (unpaired) electrons. The Morgan fingerprint density at radius 1 is 1.40 bits per heavy atom. The molecule has 0 aliphatic carbocycles. The maximum atomic E-state index is 6.00. The van der Waals surface area contributed by atoms with E-state index in [9.17, 15) is 0 Å². The molecule has 1 heterocycles. The third kappa shape index (κ3) is 1.77. The molecule has 3 nitrogen and oxygen atoms in total. The smallest absolute Gasteiger partial charge is 0.0619 e. The Kier molecular flexibility index (Phi) is 2.76. The lowest BCUT2D eigenvalue weighted by Crippen LogP contribution is -2.49. The van der Waals surface area contributed by atoms with Gasteiger partial charge in [-0.3, -0.25) is 0 Å². The Bertz CT molecular complexity index is 367. The molecule has 1 atom stereocenters. The number of nitrogens with two attached hydrogens (primary N) is 1. The van der Waals surface area contributed by atoms with Crippen molar-refractivity contribution in [2.45, 2.75) is 6.04 Å². The van der Waals surface area contributed by atoms with Gasteiger partial charge in [-0.25, -0.2) is 0 Å². The van der Waals surface area contributed by atoms with Gasteiger partial charge in [-0.05, 0) is 18.2 Å². The molecule has 0 bridgehead atoms. The molecule has 1 aliphatic rings. The first-order chi connectivity index (χ1) is 7.13. The van der Waals surface area contributed by atoms with Crippen LogP contribution < -0.4 is 15.5 Å². The molecule has 15 heavy (non-hydrogen) atoms. The summed E-state index contributed by atoms with van der Waals surface area (Å²) in [4.78, 5) is 4.43. The molecular formula is C11H16ClN3. The zero-order chi connectivity index (χ0) is 11.0. The molecule has 2 N–H and O–H groups in total. The summed E-state index contributed by atoms with van der Waals surface area (Å²) in [6.07, 6.45) is 0. The number of nitrogens with zero attached hydrogens (tertiary/aromatic N) is 2.